The van der Waals surface area contributed by atoms with E-state index in [1.54, 1.807) is 13.8 Å². The van der Waals surface area contributed by atoms with Gasteiger partial charge in [0, 0.05) is 6.54 Å². The van der Waals surface area contributed by atoms with Crippen LogP contribution < -0.4 is 9.47 Å². The molecule has 5 nitrogen and oxygen atoms in total. The molecule has 1 aliphatic rings. The second-order valence-corrected chi connectivity index (χ2v) is 5.07. The number of fused-ring (bicyclic) bond motifs is 1. The van der Waals surface area contributed by atoms with Crippen LogP contribution in [0.25, 0.3) is 0 Å². The molecule has 1 N–H and O–H groups in total. The van der Waals surface area contributed by atoms with E-state index < -0.39 is 11.5 Å². The van der Waals surface area contributed by atoms with Gasteiger partial charge in [-0.2, -0.15) is 0 Å². The Morgan fingerprint density at radius 1 is 1.37 bits per heavy atom. The molecule has 1 aromatic rings. The molecule has 0 atom stereocenters. The van der Waals surface area contributed by atoms with Crippen molar-refractivity contribution in [2.75, 3.05) is 13.3 Å². The van der Waals surface area contributed by atoms with E-state index in [9.17, 15) is 9.90 Å². The Labute approximate surface area is 112 Å². The maximum absolute atomic E-state index is 11.3. The minimum Gasteiger partial charge on any atom is -0.480 e. The Morgan fingerprint density at radius 3 is 2.68 bits per heavy atom. The highest BCUT2D eigenvalue weighted by Gasteiger charge is 2.33. The number of rotatable bonds is 5. The standard InChI is InChI=1S/C14H19NO4/c1-4-15(14(2,3)13(16)17)8-10-5-6-11-12(7-10)19-9-18-11/h5-7H,4,8-9H2,1-3H3,(H,16,17). The summed E-state index contributed by atoms with van der Waals surface area (Å²) < 4.78 is 10.6. The molecule has 5 heteroatoms. The summed E-state index contributed by atoms with van der Waals surface area (Å²) in [5.41, 5.74) is 0.117. The first-order chi connectivity index (χ1) is 8.95. The molecular weight excluding hydrogens is 246 g/mol. The van der Waals surface area contributed by atoms with Crippen LogP contribution in [0.3, 0.4) is 0 Å². The Balaban J connectivity index is 2.17. The molecular formula is C14H19NO4. The fraction of sp³-hybridized carbons (Fsp3) is 0.500. The number of aliphatic carboxylic acids is 1. The Morgan fingerprint density at radius 2 is 2.05 bits per heavy atom. The van der Waals surface area contributed by atoms with Gasteiger partial charge in [-0.05, 0) is 38.1 Å². The summed E-state index contributed by atoms with van der Waals surface area (Å²) in [6.45, 7) is 6.85. The van der Waals surface area contributed by atoms with Gasteiger partial charge < -0.3 is 14.6 Å². The molecule has 1 aromatic carbocycles. The lowest BCUT2D eigenvalue weighted by atomic mass is 10.0. The van der Waals surface area contributed by atoms with Crippen molar-refractivity contribution in [3.05, 3.63) is 23.8 Å². The molecule has 0 unspecified atom stereocenters. The molecule has 0 aliphatic carbocycles. The topological polar surface area (TPSA) is 59.0 Å². The number of ether oxygens (including phenoxy) is 2. The summed E-state index contributed by atoms with van der Waals surface area (Å²) >= 11 is 0. The van der Waals surface area contributed by atoms with Crippen LogP contribution in [0.5, 0.6) is 11.5 Å². The van der Waals surface area contributed by atoms with Gasteiger partial charge in [-0.3, -0.25) is 9.69 Å². The molecule has 0 amide bonds. The van der Waals surface area contributed by atoms with Crippen LogP contribution in [0.2, 0.25) is 0 Å². The second-order valence-electron chi connectivity index (χ2n) is 5.07. The van der Waals surface area contributed by atoms with Gasteiger partial charge in [0.2, 0.25) is 6.79 Å². The second kappa shape index (κ2) is 5.09. The molecule has 1 heterocycles. The van der Waals surface area contributed by atoms with E-state index in [1.807, 2.05) is 30.0 Å². The number of likely N-dealkylation sites (N-methyl/N-ethyl adjacent to an activating group) is 1. The van der Waals surface area contributed by atoms with Crippen LogP contribution in [-0.4, -0.2) is 34.9 Å². The molecule has 0 aromatic heterocycles. The first kappa shape index (κ1) is 13.7. The monoisotopic (exact) mass is 265 g/mol. The lowest BCUT2D eigenvalue weighted by Crippen LogP contribution is -2.49. The van der Waals surface area contributed by atoms with E-state index in [0.717, 1.165) is 17.1 Å². The predicted octanol–water partition coefficient (Wildman–Crippen LogP) is 2.10. The summed E-state index contributed by atoms with van der Waals surface area (Å²) in [5.74, 6) is 0.640. The molecule has 1 aliphatic heterocycles. The van der Waals surface area contributed by atoms with Crippen molar-refractivity contribution in [3.63, 3.8) is 0 Å². The number of benzene rings is 1. The van der Waals surface area contributed by atoms with Gasteiger partial charge in [-0.25, -0.2) is 0 Å². The largest absolute Gasteiger partial charge is 0.480 e. The Hall–Kier alpha value is -1.75. The van der Waals surface area contributed by atoms with E-state index in [2.05, 4.69) is 0 Å². The van der Waals surface area contributed by atoms with E-state index in [1.165, 1.54) is 0 Å². The molecule has 0 spiro atoms. The molecule has 0 fully saturated rings. The van der Waals surface area contributed by atoms with Crippen molar-refractivity contribution < 1.29 is 19.4 Å². The lowest BCUT2D eigenvalue weighted by Gasteiger charge is -2.34. The molecule has 2 rings (SSSR count). The predicted molar refractivity (Wildman–Crippen MR) is 70.4 cm³/mol. The highest BCUT2D eigenvalue weighted by molar-refractivity contribution is 5.77. The number of hydrogen-bond donors (Lipinski definition) is 1. The zero-order valence-corrected chi connectivity index (χ0v) is 11.5. The zero-order chi connectivity index (χ0) is 14.0. The average molecular weight is 265 g/mol. The molecule has 19 heavy (non-hydrogen) atoms. The summed E-state index contributed by atoms with van der Waals surface area (Å²) in [6, 6.07) is 5.70. The van der Waals surface area contributed by atoms with Crippen LogP contribution in [-0.2, 0) is 11.3 Å². The number of carboxylic acid groups (broad SMARTS) is 1. The van der Waals surface area contributed by atoms with Gasteiger partial charge in [-0.1, -0.05) is 13.0 Å². The number of carboxylic acids is 1. The van der Waals surface area contributed by atoms with Crippen molar-refractivity contribution in [3.8, 4) is 11.5 Å². The van der Waals surface area contributed by atoms with Crippen molar-refractivity contribution in [1.82, 2.24) is 4.90 Å². The van der Waals surface area contributed by atoms with Gasteiger partial charge >= 0.3 is 5.97 Å². The van der Waals surface area contributed by atoms with Gasteiger partial charge in [0.05, 0.1) is 0 Å². The van der Waals surface area contributed by atoms with Crippen molar-refractivity contribution in [1.29, 1.82) is 0 Å². The molecule has 104 valence electrons. The minimum atomic E-state index is -0.898. The molecule has 0 saturated heterocycles. The van der Waals surface area contributed by atoms with Gasteiger partial charge in [0.1, 0.15) is 5.54 Å². The SMILES string of the molecule is CCN(Cc1ccc2c(c1)OCO2)C(C)(C)C(=O)O. The smallest absolute Gasteiger partial charge is 0.323 e. The normalized spacial score (nSPS) is 13.9. The zero-order valence-electron chi connectivity index (χ0n) is 11.5. The maximum atomic E-state index is 11.3. The average Bonchev–Trinajstić information content (AvgIpc) is 2.82. The summed E-state index contributed by atoms with van der Waals surface area (Å²) in [4.78, 5) is 13.2. The van der Waals surface area contributed by atoms with E-state index >= 15 is 0 Å². The Bertz CT molecular complexity index is 484. The van der Waals surface area contributed by atoms with Crippen LogP contribution >= 0.6 is 0 Å². The summed E-state index contributed by atoms with van der Waals surface area (Å²) in [6.07, 6.45) is 0. The fourth-order valence-corrected chi connectivity index (χ4v) is 2.10. The first-order valence-electron chi connectivity index (χ1n) is 6.32. The molecule has 0 bridgehead atoms. The van der Waals surface area contributed by atoms with E-state index in [0.29, 0.717) is 13.1 Å². The highest BCUT2D eigenvalue weighted by atomic mass is 16.7. The van der Waals surface area contributed by atoms with Gasteiger partial charge in [0.15, 0.2) is 11.5 Å². The summed E-state index contributed by atoms with van der Waals surface area (Å²) in [5, 5.41) is 9.29. The minimum absolute atomic E-state index is 0.247. The lowest BCUT2D eigenvalue weighted by molar-refractivity contribution is -0.149. The van der Waals surface area contributed by atoms with Gasteiger partial charge in [-0.15, -0.1) is 0 Å². The third-order valence-electron chi connectivity index (χ3n) is 3.51. The summed E-state index contributed by atoms with van der Waals surface area (Å²) in [7, 11) is 0. The van der Waals surface area contributed by atoms with Crippen LogP contribution in [0.15, 0.2) is 18.2 Å². The highest BCUT2D eigenvalue weighted by Crippen LogP contribution is 2.33. The van der Waals surface area contributed by atoms with Crippen molar-refractivity contribution in [2.45, 2.75) is 32.9 Å². The number of nitrogens with zero attached hydrogens (tertiary/aromatic N) is 1. The van der Waals surface area contributed by atoms with Crippen LogP contribution in [0.4, 0.5) is 0 Å². The maximum Gasteiger partial charge on any atom is 0.323 e. The fourth-order valence-electron chi connectivity index (χ4n) is 2.10. The number of hydrogen-bond acceptors (Lipinski definition) is 4. The molecule has 0 radical (unpaired) electrons. The molecule has 0 saturated carbocycles. The third kappa shape index (κ3) is 2.66. The van der Waals surface area contributed by atoms with E-state index in [4.69, 9.17) is 9.47 Å². The Kier molecular flexibility index (Phi) is 3.66. The van der Waals surface area contributed by atoms with E-state index in [-0.39, 0.29) is 6.79 Å². The van der Waals surface area contributed by atoms with Gasteiger partial charge in [0.25, 0.3) is 0 Å². The number of carbonyl (C=O) groups is 1. The van der Waals surface area contributed by atoms with Crippen LogP contribution in [0.1, 0.15) is 26.3 Å². The quantitative estimate of drug-likeness (QED) is 0.883. The van der Waals surface area contributed by atoms with Crippen LogP contribution in [0, 0.1) is 0 Å². The third-order valence-corrected chi connectivity index (χ3v) is 3.51. The first-order valence-corrected chi connectivity index (χ1v) is 6.32. The van der Waals surface area contributed by atoms with Crippen molar-refractivity contribution >= 4 is 5.97 Å². The van der Waals surface area contributed by atoms with Crippen molar-refractivity contribution in [2.24, 2.45) is 0 Å².